The highest BCUT2D eigenvalue weighted by molar-refractivity contribution is 5.60. The van der Waals surface area contributed by atoms with Gasteiger partial charge in [-0.25, -0.2) is 4.79 Å². The van der Waals surface area contributed by atoms with Crippen LogP contribution in [0.1, 0.15) is 176 Å². The van der Waals surface area contributed by atoms with Gasteiger partial charge >= 0.3 is 6.16 Å². The van der Waals surface area contributed by atoms with Crippen molar-refractivity contribution >= 4 is 6.16 Å². The molecule has 0 aromatic rings. The van der Waals surface area contributed by atoms with Gasteiger partial charge in [0.15, 0.2) is 0 Å². The van der Waals surface area contributed by atoms with E-state index < -0.39 is 6.16 Å². The highest BCUT2D eigenvalue weighted by Gasteiger charge is 2.59. The van der Waals surface area contributed by atoms with E-state index in [2.05, 4.69) is 47.6 Å². The molecule has 8 atom stereocenters. The van der Waals surface area contributed by atoms with Crippen LogP contribution in [-0.4, -0.2) is 18.9 Å². The molecule has 3 fully saturated rings. The first-order valence-electron chi connectivity index (χ1n) is 19.2. The Hall–Kier alpha value is -0.990. The van der Waals surface area contributed by atoms with Crippen LogP contribution < -0.4 is 0 Å². The van der Waals surface area contributed by atoms with Gasteiger partial charge < -0.3 is 9.47 Å². The number of rotatable bonds is 17. The minimum atomic E-state index is -0.438. The molecule has 0 amide bonds. The summed E-state index contributed by atoms with van der Waals surface area (Å²) in [5, 5.41) is 0. The minimum absolute atomic E-state index is 0.00695. The highest BCUT2D eigenvalue weighted by atomic mass is 16.7. The Morgan fingerprint density at radius 2 is 1.53 bits per heavy atom. The fourth-order valence-electron chi connectivity index (χ4n) is 10.7. The second-order valence-electron chi connectivity index (χ2n) is 16.6. The molecule has 6 unspecified atom stereocenters. The van der Waals surface area contributed by atoms with E-state index in [1.54, 1.807) is 5.57 Å². The van der Waals surface area contributed by atoms with E-state index in [9.17, 15) is 4.79 Å². The van der Waals surface area contributed by atoms with E-state index in [1.165, 1.54) is 103 Å². The Labute approximate surface area is 267 Å². The summed E-state index contributed by atoms with van der Waals surface area (Å²) in [5.74, 6) is 5.17. The molecule has 0 radical (unpaired) electrons. The van der Waals surface area contributed by atoms with Gasteiger partial charge in [0.25, 0.3) is 0 Å². The minimum Gasteiger partial charge on any atom is -0.434 e. The average molecular weight is 599 g/mol. The predicted octanol–water partition coefficient (Wildman–Crippen LogP) is 12.5. The van der Waals surface area contributed by atoms with Gasteiger partial charge in [-0.2, -0.15) is 0 Å². The largest absolute Gasteiger partial charge is 0.508 e. The molecule has 0 heterocycles. The zero-order valence-electron chi connectivity index (χ0n) is 29.4. The molecule has 4 rings (SSSR count). The third-order valence-electron chi connectivity index (χ3n) is 13.2. The summed E-state index contributed by atoms with van der Waals surface area (Å²) in [7, 11) is 0. The molecular formula is C40H70O3. The summed E-state index contributed by atoms with van der Waals surface area (Å²) in [6.07, 6.45) is 29.3. The Morgan fingerprint density at radius 3 is 2.23 bits per heavy atom. The summed E-state index contributed by atoms with van der Waals surface area (Å²) in [6.45, 7) is 15.4. The molecule has 0 aliphatic heterocycles. The topological polar surface area (TPSA) is 35.5 Å². The third-order valence-corrected chi connectivity index (χ3v) is 13.2. The van der Waals surface area contributed by atoms with Crippen LogP contribution >= 0.6 is 0 Å². The van der Waals surface area contributed by atoms with Gasteiger partial charge in [0.1, 0.15) is 6.10 Å². The smallest absolute Gasteiger partial charge is 0.434 e. The van der Waals surface area contributed by atoms with E-state index in [0.29, 0.717) is 17.4 Å². The number of carbonyl (C=O) groups is 1. The summed E-state index contributed by atoms with van der Waals surface area (Å²) in [4.78, 5) is 12.5. The molecule has 0 aromatic heterocycles. The lowest BCUT2D eigenvalue weighted by atomic mass is 9.47. The molecular weight excluding hydrogens is 528 g/mol. The van der Waals surface area contributed by atoms with Crippen molar-refractivity contribution in [1.29, 1.82) is 0 Å². The molecule has 3 nitrogen and oxygen atoms in total. The first kappa shape index (κ1) is 34.9. The van der Waals surface area contributed by atoms with Gasteiger partial charge in [-0.1, -0.05) is 130 Å². The quantitative estimate of drug-likeness (QED) is 0.0949. The van der Waals surface area contributed by atoms with Crippen LogP contribution in [0.25, 0.3) is 0 Å². The van der Waals surface area contributed by atoms with Gasteiger partial charge in [-0.15, -0.1) is 0 Å². The monoisotopic (exact) mass is 599 g/mol. The van der Waals surface area contributed by atoms with E-state index in [4.69, 9.17) is 9.47 Å². The maximum Gasteiger partial charge on any atom is 0.508 e. The molecule has 3 saturated carbocycles. The molecule has 0 saturated heterocycles. The van der Waals surface area contributed by atoms with Crippen LogP contribution in [0.3, 0.4) is 0 Å². The Balaban J connectivity index is 1.19. The van der Waals surface area contributed by atoms with Crippen molar-refractivity contribution in [3.05, 3.63) is 11.6 Å². The van der Waals surface area contributed by atoms with Crippen molar-refractivity contribution in [3.8, 4) is 0 Å². The zero-order valence-corrected chi connectivity index (χ0v) is 29.4. The van der Waals surface area contributed by atoms with Crippen molar-refractivity contribution in [2.75, 3.05) is 6.61 Å². The van der Waals surface area contributed by atoms with Crippen molar-refractivity contribution in [2.45, 2.75) is 182 Å². The Kier molecular flexibility index (Phi) is 13.4. The summed E-state index contributed by atoms with van der Waals surface area (Å²) in [5.41, 5.74) is 2.43. The standard InChI is InChI=1S/C40H70O3/c1-7-8-9-10-11-12-13-14-15-16-28-42-38(41)43-33-24-26-39(5)32(29-33)20-21-34-36-23-22-35(31(4)19-17-18-30(2)3)40(36,6)27-25-37(34)39/h20,30-31,33-37H,7-19,21-29H2,1-6H3/t31?,33?,34?,35?,36?,37?,39-,40+/m0/s1. The number of unbranched alkanes of at least 4 members (excludes halogenated alkanes) is 9. The lowest BCUT2D eigenvalue weighted by Crippen LogP contribution is -2.51. The number of allylic oxidation sites excluding steroid dienone is 1. The first-order valence-corrected chi connectivity index (χ1v) is 19.2. The van der Waals surface area contributed by atoms with Gasteiger partial charge in [-0.05, 0) is 97.7 Å². The van der Waals surface area contributed by atoms with Gasteiger partial charge in [0, 0.05) is 6.42 Å². The maximum atomic E-state index is 12.5. The van der Waals surface area contributed by atoms with E-state index >= 15 is 0 Å². The van der Waals surface area contributed by atoms with Gasteiger partial charge in [-0.3, -0.25) is 0 Å². The van der Waals surface area contributed by atoms with E-state index in [1.807, 2.05) is 0 Å². The predicted molar refractivity (Wildman–Crippen MR) is 181 cm³/mol. The van der Waals surface area contributed by atoms with Crippen LogP contribution in [0.5, 0.6) is 0 Å². The fraction of sp³-hybridized carbons (Fsp3) is 0.925. The molecule has 4 aliphatic rings. The highest BCUT2D eigenvalue weighted by Crippen LogP contribution is 2.67. The number of ether oxygens (including phenoxy) is 2. The molecule has 0 aromatic carbocycles. The second-order valence-corrected chi connectivity index (χ2v) is 16.6. The molecule has 248 valence electrons. The zero-order chi connectivity index (χ0) is 30.9. The van der Waals surface area contributed by atoms with Crippen LogP contribution in [0.15, 0.2) is 11.6 Å². The van der Waals surface area contributed by atoms with Crippen molar-refractivity contribution < 1.29 is 14.3 Å². The van der Waals surface area contributed by atoms with Crippen molar-refractivity contribution in [2.24, 2.45) is 46.3 Å². The van der Waals surface area contributed by atoms with Crippen molar-refractivity contribution in [3.63, 3.8) is 0 Å². The number of hydrogen-bond acceptors (Lipinski definition) is 3. The van der Waals surface area contributed by atoms with Crippen molar-refractivity contribution in [1.82, 2.24) is 0 Å². The summed E-state index contributed by atoms with van der Waals surface area (Å²) >= 11 is 0. The first-order chi connectivity index (χ1) is 20.7. The van der Waals surface area contributed by atoms with Gasteiger partial charge in [0.2, 0.25) is 0 Å². The molecule has 0 N–H and O–H groups in total. The summed E-state index contributed by atoms with van der Waals surface area (Å²) in [6, 6.07) is 0. The van der Waals surface area contributed by atoms with Crippen LogP contribution in [0, 0.1) is 46.3 Å². The van der Waals surface area contributed by atoms with Crippen LogP contribution in [0.2, 0.25) is 0 Å². The lowest BCUT2D eigenvalue weighted by molar-refractivity contribution is -0.0617. The SMILES string of the molecule is CCCCCCCCCCCCOC(=O)OC1CC[C@@]2(C)C(=CCC3C4CCC(C(C)CCCC(C)C)[C@@]4(C)CCC32)C1. The average Bonchev–Trinajstić information content (AvgIpc) is 3.33. The molecule has 0 spiro atoms. The number of fused-ring (bicyclic) bond motifs is 5. The molecule has 43 heavy (non-hydrogen) atoms. The lowest BCUT2D eigenvalue weighted by Gasteiger charge is -2.58. The van der Waals surface area contributed by atoms with Crippen LogP contribution in [-0.2, 0) is 9.47 Å². The second kappa shape index (κ2) is 16.5. The molecule has 4 aliphatic carbocycles. The normalized spacial score (nSPS) is 34.2. The fourth-order valence-corrected chi connectivity index (χ4v) is 10.7. The molecule has 0 bridgehead atoms. The molecule has 3 heteroatoms. The Bertz CT molecular complexity index is 877. The number of hydrogen-bond donors (Lipinski definition) is 0. The van der Waals surface area contributed by atoms with Crippen LogP contribution in [0.4, 0.5) is 4.79 Å². The van der Waals surface area contributed by atoms with Gasteiger partial charge in [0.05, 0.1) is 6.61 Å². The number of carbonyl (C=O) groups excluding carboxylic acids is 1. The maximum absolute atomic E-state index is 12.5. The van der Waals surface area contributed by atoms with E-state index in [-0.39, 0.29) is 6.10 Å². The summed E-state index contributed by atoms with van der Waals surface area (Å²) < 4.78 is 11.4. The Morgan fingerprint density at radius 1 is 0.837 bits per heavy atom. The third kappa shape index (κ3) is 8.84. The van der Waals surface area contributed by atoms with E-state index in [0.717, 1.165) is 67.6 Å².